The number of carboxylic acids is 1. The lowest BCUT2D eigenvalue weighted by Gasteiger charge is -2.10. The van der Waals surface area contributed by atoms with E-state index in [9.17, 15) is 18.0 Å². The number of aromatic amines is 1. The molecule has 0 aliphatic rings. The van der Waals surface area contributed by atoms with Gasteiger partial charge in [0.1, 0.15) is 0 Å². The van der Waals surface area contributed by atoms with Crippen molar-refractivity contribution in [3.8, 4) is 0 Å². The molecule has 4 N–H and O–H groups in total. The number of aliphatic carboxylic acids is 1. The largest absolute Gasteiger partial charge is 0.490 e. The Balaban J connectivity index is 0.000000441. The summed E-state index contributed by atoms with van der Waals surface area (Å²) in [7, 11) is 0. The molecule has 114 valence electrons. The second-order valence-corrected chi connectivity index (χ2v) is 4.38. The molecule has 0 bridgehead atoms. The highest BCUT2D eigenvalue weighted by molar-refractivity contribution is 5.73. The lowest BCUT2D eigenvalue weighted by Crippen LogP contribution is -2.21. The Hall–Kier alpha value is -1.83. The van der Waals surface area contributed by atoms with Crippen molar-refractivity contribution >= 4 is 5.97 Å². The van der Waals surface area contributed by atoms with Crippen LogP contribution in [0, 0.1) is 6.92 Å². The number of pyridine rings is 1. The number of H-pyrrole nitrogens is 1. The molecular formula is C12H17F3N2O3. The number of nitrogens with two attached hydrogens (primary N) is 1. The molecule has 8 heteroatoms. The predicted octanol–water partition coefficient (Wildman–Crippen LogP) is 1.90. The number of nitrogens with one attached hydrogen (secondary N) is 1. The van der Waals surface area contributed by atoms with Crippen LogP contribution in [0.3, 0.4) is 0 Å². The first-order valence-electron chi connectivity index (χ1n) is 5.73. The fourth-order valence-corrected chi connectivity index (χ4v) is 1.47. The van der Waals surface area contributed by atoms with Crippen molar-refractivity contribution < 1.29 is 23.1 Å². The first-order valence-corrected chi connectivity index (χ1v) is 5.73. The summed E-state index contributed by atoms with van der Waals surface area (Å²) in [4.78, 5) is 23.1. The van der Waals surface area contributed by atoms with E-state index in [1.165, 1.54) is 0 Å². The molecule has 1 aromatic rings. The number of hydrogen-bond donors (Lipinski definition) is 3. The molecule has 0 amide bonds. The average Bonchev–Trinajstić information content (AvgIpc) is 2.27. The number of halogens is 3. The fourth-order valence-electron chi connectivity index (χ4n) is 1.47. The zero-order chi connectivity index (χ0) is 16.1. The van der Waals surface area contributed by atoms with Crippen molar-refractivity contribution in [1.82, 2.24) is 4.98 Å². The Labute approximate surface area is 113 Å². The highest BCUT2D eigenvalue weighted by atomic mass is 19.4. The second kappa shape index (κ2) is 7.09. The van der Waals surface area contributed by atoms with Gasteiger partial charge in [-0.15, -0.1) is 0 Å². The van der Waals surface area contributed by atoms with Gasteiger partial charge in [0, 0.05) is 17.8 Å². The monoisotopic (exact) mass is 294 g/mol. The van der Waals surface area contributed by atoms with E-state index in [1.54, 1.807) is 0 Å². The molecule has 5 nitrogen and oxygen atoms in total. The maximum atomic E-state index is 11.5. The topological polar surface area (TPSA) is 96.2 Å². The highest BCUT2D eigenvalue weighted by Gasteiger charge is 2.38. The van der Waals surface area contributed by atoms with E-state index in [0.29, 0.717) is 18.0 Å². The van der Waals surface area contributed by atoms with Crippen LogP contribution >= 0.6 is 0 Å². The first-order chi connectivity index (χ1) is 9.00. The van der Waals surface area contributed by atoms with Gasteiger partial charge in [-0.05, 0) is 24.5 Å². The maximum absolute atomic E-state index is 11.5. The van der Waals surface area contributed by atoms with Gasteiger partial charge < -0.3 is 15.8 Å². The molecule has 0 aliphatic heterocycles. The van der Waals surface area contributed by atoms with Crippen LogP contribution in [0.5, 0.6) is 0 Å². The normalized spacial score (nSPS) is 11.0. The van der Waals surface area contributed by atoms with Gasteiger partial charge >= 0.3 is 12.1 Å². The molecule has 1 heterocycles. The summed E-state index contributed by atoms with van der Waals surface area (Å²) in [5, 5.41) is 7.12. The Morgan fingerprint density at radius 3 is 2.20 bits per heavy atom. The molecular weight excluding hydrogens is 277 g/mol. The van der Waals surface area contributed by atoms with Crippen LogP contribution in [0.2, 0.25) is 0 Å². The van der Waals surface area contributed by atoms with Crippen molar-refractivity contribution in [2.45, 2.75) is 39.4 Å². The third-order valence-electron chi connectivity index (χ3n) is 2.37. The SMILES string of the molecule is Cc1cc(C(C)C)c(CN)c(=O)[nH]1.O=C(O)C(F)(F)F. The molecule has 0 unspecified atom stereocenters. The van der Waals surface area contributed by atoms with Crippen molar-refractivity contribution in [1.29, 1.82) is 0 Å². The van der Waals surface area contributed by atoms with E-state index in [1.807, 2.05) is 13.0 Å². The minimum atomic E-state index is -5.08. The van der Waals surface area contributed by atoms with Gasteiger partial charge in [-0.25, -0.2) is 4.79 Å². The third kappa shape index (κ3) is 5.43. The molecule has 0 saturated heterocycles. The summed E-state index contributed by atoms with van der Waals surface area (Å²) in [6, 6.07) is 1.99. The number of aromatic nitrogens is 1. The zero-order valence-corrected chi connectivity index (χ0v) is 11.3. The Morgan fingerprint density at radius 1 is 1.45 bits per heavy atom. The molecule has 0 aliphatic carbocycles. The standard InChI is InChI=1S/C10H16N2O.C2HF3O2/c1-6(2)8-4-7(3)12-10(13)9(8)5-11;3-2(4,5)1(6)7/h4,6H,5,11H2,1-3H3,(H,12,13);(H,6,7). The van der Waals surface area contributed by atoms with E-state index < -0.39 is 12.1 Å². The van der Waals surface area contributed by atoms with E-state index in [4.69, 9.17) is 15.6 Å². The summed E-state index contributed by atoms with van der Waals surface area (Å²) in [5.74, 6) is -2.41. The van der Waals surface area contributed by atoms with Crippen molar-refractivity contribution in [3.05, 3.63) is 33.2 Å². The third-order valence-corrected chi connectivity index (χ3v) is 2.37. The molecule has 20 heavy (non-hydrogen) atoms. The number of hydrogen-bond acceptors (Lipinski definition) is 3. The summed E-state index contributed by atoms with van der Waals surface area (Å²) in [5.41, 5.74) is 8.13. The van der Waals surface area contributed by atoms with Crippen LogP contribution in [0.4, 0.5) is 13.2 Å². The summed E-state index contributed by atoms with van der Waals surface area (Å²) in [6.45, 7) is 6.32. The maximum Gasteiger partial charge on any atom is 0.490 e. The van der Waals surface area contributed by atoms with Crippen molar-refractivity contribution in [2.75, 3.05) is 0 Å². The van der Waals surface area contributed by atoms with Crippen LogP contribution in [0.1, 0.15) is 36.6 Å². The molecule has 0 saturated carbocycles. The molecule has 0 fully saturated rings. The Kier molecular flexibility index (Phi) is 6.44. The van der Waals surface area contributed by atoms with E-state index >= 15 is 0 Å². The molecule has 1 aromatic heterocycles. The summed E-state index contributed by atoms with van der Waals surface area (Å²) < 4.78 is 31.7. The van der Waals surface area contributed by atoms with Gasteiger partial charge in [-0.2, -0.15) is 13.2 Å². The Morgan fingerprint density at radius 2 is 1.90 bits per heavy atom. The summed E-state index contributed by atoms with van der Waals surface area (Å²) >= 11 is 0. The van der Waals surface area contributed by atoms with Gasteiger partial charge in [-0.1, -0.05) is 13.8 Å². The lowest BCUT2D eigenvalue weighted by atomic mass is 9.98. The Bertz CT molecular complexity index is 522. The highest BCUT2D eigenvalue weighted by Crippen LogP contribution is 2.16. The zero-order valence-electron chi connectivity index (χ0n) is 11.3. The fraction of sp³-hybridized carbons (Fsp3) is 0.500. The quantitative estimate of drug-likeness (QED) is 0.776. The molecule has 0 atom stereocenters. The van der Waals surface area contributed by atoms with E-state index in [2.05, 4.69) is 18.8 Å². The second-order valence-electron chi connectivity index (χ2n) is 4.38. The summed E-state index contributed by atoms with van der Waals surface area (Å²) in [6.07, 6.45) is -5.08. The van der Waals surface area contributed by atoms with Gasteiger partial charge in [-0.3, -0.25) is 4.79 Å². The molecule has 1 rings (SSSR count). The molecule has 0 aromatic carbocycles. The predicted molar refractivity (Wildman–Crippen MR) is 67.5 cm³/mol. The van der Waals surface area contributed by atoms with Crippen molar-refractivity contribution in [3.63, 3.8) is 0 Å². The average molecular weight is 294 g/mol. The van der Waals surface area contributed by atoms with E-state index in [-0.39, 0.29) is 5.56 Å². The number of carboxylic acid groups (broad SMARTS) is 1. The smallest absolute Gasteiger partial charge is 0.475 e. The van der Waals surface area contributed by atoms with Crippen LogP contribution in [0.25, 0.3) is 0 Å². The number of alkyl halides is 3. The molecule has 0 radical (unpaired) electrons. The van der Waals surface area contributed by atoms with Gasteiger partial charge in [0.2, 0.25) is 0 Å². The van der Waals surface area contributed by atoms with E-state index in [0.717, 1.165) is 11.3 Å². The van der Waals surface area contributed by atoms with Crippen molar-refractivity contribution in [2.24, 2.45) is 5.73 Å². The van der Waals surface area contributed by atoms with Gasteiger partial charge in [0.25, 0.3) is 5.56 Å². The molecule has 0 spiro atoms. The first kappa shape index (κ1) is 18.2. The minimum absolute atomic E-state index is 0.0498. The minimum Gasteiger partial charge on any atom is -0.475 e. The van der Waals surface area contributed by atoms with Crippen LogP contribution in [0.15, 0.2) is 10.9 Å². The number of rotatable bonds is 2. The number of aryl methyl sites for hydroxylation is 1. The van der Waals surface area contributed by atoms with Crippen LogP contribution in [-0.2, 0) is 11.3 Å². The van der Waals surface area contributed by atoms with Crippen LogP contribution in [-0.4, -0.2) is 22.2 Å². The van der Waals surface area contributed by atoms with Crippen LogP contribution < -0.4 is 11.3 Å². The van der Waals surface area contributed by atoms with Gasteiger partial charge in [0.05, 0.1) is 0 Å². The number of carbonyl (C=O) groups is 1. The lowest BCUT2D eigenvalue weighted by molar-refractivity contribution is -0.192. The van der Waals surface area contributed by atoms with Gasteiger partial charge in [0.15, 0.2) is 0 Å².